The lowest BCUT2D eigenvalue weighted by Gasteiger charge is -2.30. The van der Waals surface area contributed by atoms with Crippen molar-refractivity contribution in [3.8, 4) is 0 Å². The van der Waals surface area contributed by atoms with Crippen molar-refractivity contribution in [2.24, 2.45) is 5.73 Å². The Bertz CT molecular complexity index is 97.2. The van der Waals surface area contributed by atoms with E-state index in [0.717, 1.165) is 12.2 Å². The Labute approximate surface area is 60.8 Å². The highest BCUT2D eigenvalue weighted by atomic mass is 32.2. The van der Waals surface area contributed by atoms with Gasteiger partial charge in [-0.2, -0.15) is 11.8 Å². The Morgan fingerprint density at radius 2 is 2.22 bits per heavy atom. The first-order valence-electron chi connectivity index (χ1n) is 3.19. The summed E-state index contributed by atoms with van der Waals surface area (Å²) in [5, 5.41) is 0. The summed E-state index contributed by atoms with van der Waals surface area (Å²) in [6.45, 7) is 0. The quantitative estimate of drug-likeness (QED) is 0.541. The fourth-order valence-corrected chi connectivity index (χ4v) is 2.32. The average molecular weight is 146 g/mol. The van der Waals surface area contributed by atoms with Crippen LogP contribution in [0.1, 0.15) is 6.42 Å². The molecule has 1 rings (SSSR count). The average Bonchev–Trinajstić information content (AvgIpc) is 2.16. The van der Waals surface area contributed by atoms with Crippen LogP contribution < -0.4 is 5.73 Å². The third-order valence-electron chi connectivity index (χ3n) is 1.92. The monoisotopic (exact) mass is 146 g/mol. The van der Waals surface area contributed by atoms with E-state index in [1.54, 1.807) is 0 Å². The van der Waals surface area contributed by atoms with E-state index in [2.05, 4.69) is 4.90 Å². The second-order valence-corrected chi connectivity index (χ2v) is 3.91. The predicted octanol–water partition coefficient (Wildman–Crippen LogP) is 0.340. The Balaban J connectivity index is 2.51. The summed E-state index contributed by atoms with van der Waals surface area (Å²) in [7, 11) is 4.10. The van der Waals surface area contributed by atoms with Crippen LogP contribution in [0, 0.1) is 0 Å². The van der Waals surface area contributed by atoms with E-state index in [4.69, 9.17) is 5.73 Å². The van der Waals surface area contributed by atoms with E-state index in [1.807, 2.05) is 25.9 Å². The first-order valence-corrected chi connectivity index (χ1v) is 4.35. The van der Waals surface area contributed by atoms with Gasteiger partial charge >= 0.3 is 0 Å². The van der Waals surface area contributed by atoms with Crippen molar-refractivity contribution in [1.82, 2.24) is 4.90 Å². The molecule has 1 fully saturated rings. The molecule has 9 heavy (non-hydrogen) atoms. The molecule has 2 nitrogen and oxygen atoms in total. The van der Waals surface area contributed by atoms with Crippen LogP contribution in [0.2, 0.25) is 0 Å². The van der Waals surface area contributed by atoms with Crippen molar-refractivity contribution in [3.63, 3.8) is 0 Å². The lowest BCUT2D eigenvalue weighted by Crippen LogP contribution is -2.52. The molecule has 54 valence electrons. The number of rotatable bonds is 1. The molecular weight excluding hydrogens is 132 g/mol. The van der Waals surface area contributed by atoms with Crippen LogP contribution in [0.25, 0.3) is 0 Å². The molecule has 0 spiro atoms. The maximum absolute atomic E-state index is 6.01. The summed E-state index contributed by atoms with van der Waals surface area (Å²) < 4.78 is 0. The van der Waals surface area contributed by atoms with Crippen LogP contribution >= 0.6 is 11.8 Å². The van der Waals surface area contributed by atoms with Gasteiger partial charge in [0, 0.05) is 5.75 Å². The van der Waals surface area contributed by atoms with Crippen molar-refractivity contribution in [2.75, 3.05) is 25.6 Å². The smallest absolute Gasteiger partial charge is 0.0783 e. The Hall–Kier alpha value is 0.270. The van der Waals surface area contributed by atoms with Gasteiger partial charge < -0.3 is 5.73 Å². The fraction of sp³-hybridized carbons (Fsp3) is 1.00. The van der Waals surface area contributed by atoms with Gasteiger partial charge in [0.05, 0.1) is 5.66 Å². The van der Waals surface area contributed by atoms with Gasteiger partial charge in [0.1, 0.15) is 0 Å². The molecule has 1 heterocycles. The molecule has 1 aliphatic rings. The lowest BCUT2D eigenvalue weighted by atomic mass is 10.1. The maximum Gasteiger partial charge on any atom is 0.0783 e. The first-order chi connectivity index (χ1) is 4.15. The number of nitrogens with zero attached hydrogens (tertiary/aromatic N) is 1. The maximum atomic E-state index is 6.01. The number of thioether (sulfide) groups is 1. The topological polar surface area (TPSA) is 29.3 Å². The zero-order valence-electron chi connectivity index (χ0n) is 6.05. The van der Waals surface area contributed by atoms with E-state index in [9.17, 15) is 0 Å². The third-order valence-corrected chi connectivity index (χ3v) is 3.12. The van der Waals surface area contributed by atoms with Gasteiger partial charge in [-0.3, -0.25) is 4.90 Å². The second kappa shape index (κ2) is 2.48. The van der Waals surface area contributed by atoms with Crippen molar-refractivity contribution in [2.45, 2.75) is 12.1 Å². The Morgan fingerprint density at radius 3 is 2.44 bits per heavy atom. The molecule has 1 unspecified atom stereocenters. The van der Waals surface area contributed by atoms with Crippen molar-refractivity contribution >= 4 is 11.8 Å². The zero-order chi connectivity index (χ0) is 6.91. The normalized spacial score (nSPS) is 36.0. The molecule has 0 aliphatic carbocycles. The first kappa shape index (κ1) is 7.38. The third kappa shape index (κ3) is 1.39. The molecule has 0 aromatic carbocycles. The van der Waals surface area contributed by atoms with Crippen LogP contribution in [-0.4, -0.2) is 36.2 Å². The second-order valence-electron chi connectivity index (χ2n) is 2.80. The van der Waals surface area contributed by atoms with E-state index in [1.165, 1.54) is 5.75 Å². The van der Waals surface area contributed by atoms with E-state index < -0.39 is 0 Å². The van der Waals surface area contributed by atoms with Gasteiger partial charge in [0.2, 0.25) is 0 Å². The van der Waals surface area contributed by atoms with Gasteiger partial charge in [0.15, 0.2) is 0 Å². The molecular formula is C6H14N2S. The minimum absolute atomic E-state index is 0.00926. The van der Waals surface area contributed by atoms with Gasteiger partial charge in [-0.25, -0.2) is 0 Å². The SMILES string of the molecule is CN(C)C1(N)CCSC1. The zero-order valence-corrected chi connectivity index (χ0v) is 6.87. The number of nitrogens with two attached hydrogens (primary N) is 1. The molecule has 0 saturated carbocycles. The van der Waals surface area contributed by atoms with Gasteiger partial charge in [-0.15, -0.1) is 0 Å². The minimum atomic E-state index is -0.00926. The molecule has 1 atom stereocenters. The van der Waals surface area contributed by atoms with Crippen LogP contribution in [0.3, 0.4) is 0 Å². The molecule has 2 N–H and O–H groups in total. The number of hydrogen-bond donors (Lipinski definition) is 1. The summed E-state index contributed by atoms with van der Waals surface area (Å²) in [5.41, 5.74) is 6.00. The van der Waals surface area contributed by atoms with Crippen LogP contribution in [0.4, 0.5) is 0 Å². The summed E-state index contributed by atoms with van der Waals surface area (Å²) in [6, 6.07) is 0. The molecule has 0 radical (unpaired) electrons. The largest absolute Gasteiger partial charge is 0.312 e. The Morgan fingerprint density at radius 1 is 1.56 bits per heavy atom. The summed E-state index contributed by atoms with van der Waals surface area (Å²) in [4.78, 5) is 2.12. The summed E-state index contributed by atoms with van der Waals surface area (Å²) >= 11 is 1.94. The fourth-order valence-electron chi connectivity index (χ4n) is 0.923. The molecule has 0 bridgehead atoms. The van der Waals surface area contributed by atoms with Gasteiger partial charge in [-0.05, 0) is 26.3 Å². The predicted molar refractivity (Wildman–Crippen MR) is 42.5 cm³/mol. The summed E-state index contributed by atoms with van der Waals surface area (Å²) in [5.74, 6) is 2.30. The molecule has 3 heteroatoms. The standard InChI is InChI=1S/C6H14N2S/c1-8(2)6(7)3-4-9-5-6/h3-5,7H2,1-2H3. The molecule has 0 amide bonds. The highest BCUT2D eigenvalue weighted by Crippen LogP contribution is 2.26. The van der Waals surface area contributed by atoms with Gasteiger partial charge in [0.25, 0.3) is 0 Å². The van der Waals surface area contributed by atoms with E-state index in [-0.39, 0.29) is 5.66 Å². The Kier molecular flexibility index (Phi) is 2.03. The molecule has 0 aromatic heterocycles. The molecule has 1 aliphatic heterocycles. The summed E-state index contributed by atoms with van der Waals surface area (Å²) in [6.07, 6.45) is 1.13. The molecule has 0 aromatic rings. The van der Waals surface area contributed by atoms with Crippen LogP contribution in [-0.2, 0) is 0 Å². The van der Waals surface area contributed by atoms with E-state index >= 15 is 0 Å². The van der Waals surface area contributed by atoms with Crippen LogP contribution in [0.15, 0.2) is 0 Å². The highest BCUT2D eigenvalue weighted by molar-refractivity contribution is 7.99. The number of hydrogen-bond acceptors (Lipinski definition) is 3. The lowest BCUT2D eigenvalue weighted by molar-refractivity contribution is 0.189. The highest BCUT2D eigenvalue weighted by Gasteiger charge is 2.31. The molecule has 1 saturated heterocycles. The van der Waals surface area contributed by atoms with Gasteiger partial charge in [-0.1, -0.05) is 0 Å². The van der Waals surface area contributed by atoms with Crippen molar-refractivity contribution < 1.29 is 0 Å². The van der Waals surface area contributed by atoms with Crippen molar-refractivity contribution in [1.29, 1.82) is 0 Å². The van der Waals surface area contributed by atoms with Crippen molar-refractivity contribution in [3.05, 3.63) is 0 Å². The minimum Gasteiger partial charge on any atom is -0.312 e. The van der Waals surface area contributed by atoms with Crippen LogP contribution in [0.5, 0.6) is 0 Å². The van der Waals surface area contributed by atoms with E-state index in [0.29, 0.717) is 0 Å².